The van der Waals surface area contributed by atoms with E-state index in [1.54, 1.807) is 6.92 Å². The summed E-state index contributed by atoms with van der Waals surface area (Å²) in [5.41, 5.74) is 5.45. The number of hydrogen-bond donors (Lipinski definition) is 3. The molecule has 1 aromatic heterocycles. The fraction of sp³-hybridized carbons (Fsp3) is 0.500. The number of nitrogens with one attached hydrogen (secondary N) is 1. The van der Waals surface area contributed by atoms with E-state index in [1.165, 1.54) is 0 Å². The minimum atomic E-state index is -1.00. The first-order chi connectivity index (χ1) is 7.49. The molecule has 1 aromatic rings. The van der Waals surface area contributed by atoms with Gasteiger partial charge in [0.15, 0.2) is 5.82 Å². The SMILES string of the molecule is Cc1noc(NC(=O)C(N)CCC(=O)O)n1. The summed E-state index contributed by atoms with van der Waals surface area (Å²) in [6, 6.07) is -0.961. The number of carboxylic acid groups (broad SMARTS) is 1. The molecule has 8 heteroatoms. The highest BCUT2D eigenvalue weighted by Gasteiger charge is 2.17. The van der Waals surface area contributed by atoms with E-state index in [2.05, 4.69) is 20.0 Å². The number of aryl methyl sites for hydroxylation is 1. The molecule has 0 aliphatic carbocycles. The summed E-state index contributed by atoms with van der Waals surface area (Å²) in [4.78, 5) is 25.4. The molecule has 0 fully saturated rings. The van der Waals surface area contributed by atoms with Crippen molar-refractivity contribution in [3.63, 3.8) is 0 Å². The van der Waals surface area contributed by atoms with Crippen LogP contribution in [0.4, 0.5) is 6.01 Å². The highest BCUT2D eigenvalue weighted by molar-refractivity contribution is 5.93. The predicted octanol–water partition coefficient (Wildman–Crippen LogP) is -0.491. The molecular formula is C8H12N4O4. The van der Waals surface area contributed by atoms with Gasteiger partial charge in [-0.15, -0.1) is 0 Å². The van der Waals surface area contributed by atoms with Crippen LogP contribution < -0.4 is 11.1 Å². The minimum absolute atomic E-state index is 0.0479. The van der Waals surface area contributed by atoms with Crippen molar-refractivity contribution in [1.29, 1.82) is 0 Å². The Hall–Kier alpha value is -1.96. The number of rotatable bonds is 5. The van der Waals surface area contributed by atoms with Crippen LogP contribution in [-0.2, 0) is 9.59 Å². The van der Waals surface area contributed by atoms with Crippen molar-refractivity contribution >= 4 is 17.9 Å². The number of carbonyl (C=O) groups is 2. The molecule has 0 spiro atoms. The van der Waals surface area contributed by atoms with E-state index < -0.39 is 17.9 Å². The second kappa shape index (κ2) is 5.21. The van der Waals surface area contributed by atoms with Gasteiger partial charge in [-0.05, 0) is 13.3 Å². The van der Waals surface area contributed by atoms with E-state index in [9.17, 15) is 9.59 Å². The second-order valence-electron chi connectivity index (χ2n) is 3.17. The first kappa shape index (κ1) is 12.1. The Kier molecular flexibility index (Phi) is 3.95. The van der Waals surface area contributed by atoms with Gasteiger partial charge in [-0.25, -0.2) is 0 Å². The van der Waals surface area contributed by atoms with Gasteiger partial charge in [0.2, 0.25) is 5.91 Å². The maximum absolute atomic E-state index is 11.4. The molecule has 1 atom stereocenters. The Bertz CT molecular complexity index is 389. The number of aromatic nitrogens is 2. The normalized spacial score (nSPS) is 12.1. The summed E-state index contributed by atoms with van der Waals surface area (Å²) in [6.07, 6.45) is -0.119. The van der Waals surface area contributed by atoms with E-state index in [-0.39, 0.29) is 18.9 Å². The number of nitrogens with two attached hydrogens (primary N) is 1. The average molecular weight is 228 g/mol. The summed E-state index contributed by atoms with van der Waals surface area (Å²) >= 11 is 0. The largest absolute Gasteiger partial charge is 0.481 e. The lowest BCUT2D eigenvalue weighted by Gasteiger charge is -2.07. The highest BCUT2D eigenvalue weighted by atomic mass is 16.5. The molecule has 88 valence electrons. The topological polar surface area (TPSA) is 131 Å². The molecule has 0 aromatic carbocycles. The highest BCUT2D eigenvalue weighted by Crippen LogP contribution is 2.04. The van der Waals surface area contributed by atoms with Crippen LogP contribution in [0.3, 0.4) is 0 Å². The molecule has 1 unspecified atom stereocenters. The third-order valence-electron chi connectivity index (χ3n) is 1.76. The zero-order valence-electron chi connectivity index (χ0n) is 8.64. The number of amides is 1. The number of carbonyl (C=O) groups excluding carboxylic acids is 1. The van der Waals surface area contributed by atoms with Crippen molar-refractivity contribution in [3.8, 4) is 0 Å². The summed E-state index contributed by atoms with van der Waals surface area (Å²) in [6.45, 7) is 1.60. The van der Waals surface area contributed by atoms with Crippen LogP contribution in [0.15, 0.2) is 4.52 Å². The molecule has 4 N–H and O–H groups in total. The molecule has 0 saturated carbocycles. The number of nitrogens with zero attached hydrogens (tertiary/aromatic N) is 2. The lowest BCUT2D eigenvalue weighted by Crippen LogP contribution is -2.36. The van der Waals surface area contributed by atoms with Crippen molar-refractivity contribution in [2.45, 2.75) is 25.8 Å². The fourth-order valence-electron chi connectivity index (χ4n) is 0.956. The van der Waals surface area contributed by atoms with Crippen LogP contribution in [-0.4, -0.2) is 33.2 Å². The van der Waals surface area contributed by atoms with Gasteiger partial charge in [0, 0.05) is 6.42 Å². The predicted molar refractivity (Wildman–Crippen MR) is 52.5 cm³/mol. The standard InChI is InChI=1S/C8H12N4O4/c1-4-10-8(16-12-4)11-7(15)5(9)2-3-6(13)14/h5H,2-3,9H2,1H3,(H,13,14)(H,10,11,12,15). The van der Waals surface area contributed by atoms with Crippen LogP contribution in [0, 0.1) is 6.92 Å². The summed E-state index contributed by atoms with van der Waals surface area (Å²) < 4.78 is 4.65. The van der Waals surface area contributed by atoms with Crippen molar-refractivity contribution < 1.29 is 19.2 Å². The van der Waals surface area contributed by atoms with Gasteiger partial charge in [0.1, 0.15) is 0 Å². The Balaban J connectivity index is 2.42. The summed E-state index contributed by atoms with van der Waals surface area (Å²) in [5, 5.41) is 14.2. The summed E-state index contributed by atoms with van der Waals surface area (Å²) in [5.74, 6) is -1.17. The zero-order valence-corrected chi connectivity index (χ0v) is 8.64. The molecule has 0 aliphatic rings. The van der Waals surface area contributed by atoms with Crippen molar-refractivity contribution in [2.75, 3.05) is 5.32 Å². The number of carboxylic acids is 1. The van der Waals surface area contributed by atoms with Gasteiger partial charge in [-0.3, -0.25) is 14.9 Å². The van der Waals surface area contributed by atoms with Gasteiger partial charge < -0.3 is 15.4 Å². The van der Waals surface area contributed by atoms with Gasteiger partial charge in [0.25, 0.3) is 0 Å². The van der Waals surface area contributed by atoms with Crippen LogP contribution >= 0.6 is 0 Å². The van der Waals surface area contributed by atoms with Gasteiger partial charge in [-0.1, -0.05) is 5.16 Å². The lowest BCUT2D eigenvalue weighted by molar-refractivity contribution is -0.137. The smallest absolute Gasteiger partial charge is 0.328 e. The Labute approximate surface area is 90.8 Å². The average Bonchev–Trinajstić information content (AvgIpc) is 2.60. The lowest BCUT2D eigenvalue weighted by atomic mass is 10.1. The maximum atomic E-state index is 11.4. The Morgan fingerprint density at radius 1 is 1.62 bits per heavy atom. The molecule has 1 rings (SSSR count). The number of anilines is 1. The van der Waals surface area contributed by atoms with Crippen LogP contribution in [0.1, 0.15) is 18.7 Å². The Morgan fingerprint density at radius 3 is 2.81 bits per heavy atom. The molecule has 1 heterocycles. The van der Waals surface area contributed by atoms with Crippen LogP contribution in [0.25, 0.3) is 0 Å². The van der Waals surface area contributed by atoms with Crippen LogP contribution in [0.2, 0.25) is 0 Å². The quantitative estimate of drug-likeness (QED) is 0.619. The van der Waals surface area contributed by atoms with Gasteiger partial charge >= 0.3 is 12.0 Å². The van der Waals surface area contributed by atoms with E-state index in [1.807, 2.05) is 0 Å². The molecule has 0 saturated heterocycles. The zero-order chi connectivity index (χ0) is 12.1. The van der Waals surface area contributed by atoms with E-state index in [0.717, 1.165) is 0 Å². The molecule has 0 bridgehead atoms. The van der Waals surface area contributed by atoms with Crippen molar-refractivity contribution in [3.05, 3.63) is 5.82 Å². The maximum Gasteiger partial charge on any atom is 0.328 e. The van der Waals surface area contributed by atoms with E-state index in [4.69, 9.17) is 10.8 Å². The van der Waals surface area contributed by atoms with Crippen LogP contribution in [0.5, 0.6) is 0 Å². The minimum Gasteiger partial charge on any atom is -0.481 e. The molecule has 0 radical (unpaired) electrons. The molecule has 0 aliphatic heterocycles. The first-order valence-electron chi connectivity index (χ1n) is 4.57. The third-order valence-corrected chi connectivity index (χ3v) is 1.76. The number of hydrogen-bond acceptors (Lipinski definition) is 6. The van der Waals surface area contributed by atoms with Crippen molar-refractivity contribution in [1.82, 2.24) is 10.1 Å². The monoisotopic (exact) mass is 228 g/mol. The Morgan fingerprint density at radius 2 is 2.31 bits per heavy atom. The van der Waals surface area contributed by atoms with Crippen molar-refractivity contribution in [2.24, 2.45) is 5.73 Å². The van der Waals surface area contributed by atoms with E-state index >= 15 is 0 Å². The van der Waals surface area contributed by atoms with E-state index in [0.29, 0.717) is 5.82 Å². The third kappa shape index (κ3) is 3.65. The van der Waals surface area contributed by atoms with Gasteiger partial charge in [-0.2, -0.15) is 4.98 Å². The first-order valence-corrected chi connectivity index (χ1v) is 4.57. The molecule has 8 nitrogen and oxygen atoms in total. The number of aliphatic carboxylic acids is 1. The molecular weight excluding hydrogens is 216 g/mol. The molecule has 16 heavy (non-hydrogen) atoms. The fourth-order valence-corrected chi connectivity index (χ4v) is 0.956. The van der Waals surface area contributed by atoms with Gasteiger partial charge in [0.05, 0.1) is 6.04 Å². The summed E-state index contributed by atoms with van der Waals surface area (Å²) in [7, 11) is 0. The molecule has 1 amide bonds. The second-order valence-corrected chi connectivity index (χ2v) is 3.17.